The van der Waals surface area contributed by atoms with Crippen LogP contribution in [0.1, 0.15) is 61.6 Å². The normalized spacial score (nSPS) is 17.5. The van der Waals surface area contributed by atoms with Crippen molar-refractivity contribution >= 4 is 29.2 Å². The first-order valence-corrected chi connectivity index (χ1v) is 17.5. The quantitative estimate of drug-likeness (QED) is 0.0895. The Kier molecular flexibility index (Phi) is 13.1. The number of unbranched alkanes of at least 4 members (excludes halogenated alkanes) is 2. The van der Waals surface area contributed by atoms with Crippen molar-refractivity contribution in [1.82, 2.24) is 15.6 Å². The standard InChI is InChI=1S/C36H45Cl2N3O8/c37-28-17-23(21-48-36(12-13-36)27-18-39-15-11-25(27)26-7-3-4-8-32(26)49-24-9-10-24)29(38)16-22(28)6-2-1-5-14-40-35(47)41-19-30(43)33(45)34(46)31(44)20-42/h3-4,7-8,11,15-18,24,30-31,33-34,42-46H,1-2,5-6,9-10,12-14,19-21H2,(H2,40,41,47)/t30-,31+,33+,34+/m1/s1. The number of hydrogen-bond donors (Lipinski definition) is 7. The fraction of sp³-hybridized carbons (Fsp3) is 0.500. The van der Waals surface area contributed by atoms with E-state index in [9.17, 15) is 25.2 Å². The van der Waals surface area contributed by atoms with Crippen LogP contribution in [0.2, 0.25) is 10.0 Å². The number of carbonyl (C=O) groups is 1. The van der Waals surface area contributed by atoms with Gasteiger partial charge < -0.3 is 45.6 Å². The Morgan fingerprint density at radius 2 is 1.63 bits per heavy atom. The third-order valence-electron chi connectivity index (χ3n) is 8.94. The predicted octanol–water partition coefficient (Wildman–Crippen LogP) is 4.25. The fourth-order valence-corrected chi connectivity index (χ4v) is 6.19. The van der Waals surface area contributed by atoms with Gasteiger partial charge in [0.1, 0.15) is 24.1 Å². The second kappa shape index (κ2) is 17.3. The first-order chi connectivity index (χ1) is 23.6. The summed E-state index contributed by atoms with van der Waals surface area (Å²) >= 11 is 13.4. The summed E-state index contributed by atoms with van der Waals surface area (Å²) in [6.07, 6.45) is 4.34. The molecule has 3 aromatic rings. The Labute approximate surface area is 296 Å². The molecule has 0 radical (unpaired) electrons. The Bertz CT molecular complexity index is 1550. The van der Waals surface area contributed by atoms with E-state index in [-0.39, 0.29) is 12.6 Å². The highest BCUT2D eigenvalue weighted by molar-refractivity contribution is 6.34. The lowest BCUT2D eigenvalue weighted by Crippen LogP contribution is -2.50. The maximum Gasteiger partial charge on any atom is 0.314 e. The van der Waals surface area contributed by atoms with E-state index in [1.807, 2.05) is 42.6 Å². The highest BCUT2D eigenvalue weighted by Gasteiger charge is 2.48. The summed E-state index contributed by atoms with van der Waals surface area (Å²) in [7, 11) is 0. The second-order valence-electron chi connectivity index (χ2n) is 12.8. The number of aryl methyl sites for hydroxylation is 1. The molecule has 7 N–H and O–H groups in total. The van der Waals surface area contributed by atoms with Gasteiger partial charge >= 0.3 is 6.03 Å². The molecule has 2 aliphatic carbocycles. The van der Waals surface area contributed by atoms with E-state index in [0.717, 1.165) is 72.1 Å². The van der Waals surface area contributed by atoms with Gasteiger partial charge in [-0.2, -0.15) is 0 Å². The van der Waals surface area contributed by atoms with Gasteiger partial charge in [-0.25, -0.2) is 4.79 Å². The van der Waals surface area contributed by atoms with Gasteiger partial charge in [-0.15, -0.1) is 0 Å². The average molecular weight is 719 g/mol. The molecule has 2 amide bonds. The number of halogens is 2. The number of aliphatic hydroxyl groups is 5. The molecular formula is C36H45Cl2N3O8. The van der Waals surface area contributed by atoms with Crippen molar-refractivity contribution in [2.75, 3.05) is 19.7 Å². The number of amides is 2. The minimum Gasteiger partial charge on any atom is -0.490 e. The highest BCUT2D eigenvalue weighted by atomic mass is 35.5. The third kappa shape index (κ3) is 10.0. The van der Waals surface area contributed by atoms with Gasteiger partial charge in [0.2, 0.25) is 0 Å². The number of hydrogen-bond acceptors (Lipinski definition) is 9. The zero-order chi connectivity index (χ0) is 35.0. The molecule has 1 aromatic heterocycles. The first-order valence-electron chi connectivity index (χ1n) is 16.8. The fourth-order valence-electron chi connectivity index (χ4n) is 5.66. The summed E-state index contributed by atoms with van der Waals surface area (Å²) < 4.78 is 12.8. The van der Waals surface area contributed by atoms with E-state index >= 15 is 0 Å². The van der Waals surface area contributed by atoms with Crippen molar-refractivity contribution in [3.63, 3.8) is 0 Å². The van der Waals surface area contributed by atoms with Crippen molar-refractivity contribution in [2.45, 2.75) is 94.1 Å². The Hall–Kier alpha value is -3.00. The molecule has 266 valence electrons. The number of carbonyl (C=O) groups excluding carboxylic acids is 1. The maximum absolute atomic E-state index is 12.0. The first kappa shape index (κ1) is 37.3. The van der Waals surface area contributed by atoms with E-state index in [1.165, 1.54) is 0 Å². The largest absolute Gasteiger partial charge is 0.490 e. The van der Waals surface area contributed by atoms with E-state index < -0.39 is 42.7 Å². The van der Waals surface area contributed by atoms with Crippen LogP contribution in [0.15, 0.2) is 54.9 Å². The number of rotatable bonds is 19. The second-order valence-corrected chi connectivity index (χ2v) is 13.6. The molecule has 2 fully saturated rings. The Morgan fingerprint density at radius 1 is 0.918 bits per heavy atom. The molecular weight excluding hydrogens is 673 g/mol. The van der Waals surface area contributed by atoms with Crippen molar-refractivity contribution in [3.8, 4) is 16.9 Å². The molecule has 0 bridgehead atoms. The Balaban J connectivity index is 1.06. The molecule has 2 saturated carbocycles. The summed E-state index contributed by atoms with van der Waals surface area (Å²) in [6.45, 7) is -0.429. The maximum atomic E-state index is 12.0. The molecule has 49 heavy (non-hydrogen) atoms. The number of ether oxygens (including phenoxy) is 2. The molecule has 2 aromatic carbocycles. The van der Waals surface area contributed by atoms with Crippen LogP contribution < -0.4 is 15.4 Å². The molecule has 0 unspecified atom stereocenters. The van der Waals surface area contributed by atoms with Gasteiger partial charge in [0, 0.05) is 46.7 Å². The number of aliphatic hydroxyl groups excluding tert-OH is 5. The number of aromatic nitrogens is 1. The number of para-hydroxylation sites is 1. The van der Waals surface area contributed by atoms with Crippen LogP contribution in [0.25, 0.3) is 11.1 Å². The van der Waals surface area contributed by atoms with Crippen LogP contribution in [-0.4, -0.2) is 86.8 Å². The minimum atomic E-state index is -1.75. The summed E-state index contributed by atoms with van der Waals surface area (Å²) in [5, 5.41) is 53.9. The van der Waals surface area contributed by atoms with Gasteiger partial charge in [-0.05, 0) is 85.9 Å². The molecule has 4 atom stereocenters. The monoisotopic (exact) mass is 717 g/mol. The van der Waals surface area contributed by atoms with E-state index in [2.05, 4.69) is 21.7 Å². The number of nitrogens with one attached hydrogen (secondary N) is 2. The van der Waals surface area contributed by atoms with Gasteiger partial charge in [-0.1, -0.05) is 47.8 Å². The molecule has 13 heteroatoms. The number of nitrogens with zero attached hydrogens (tertiary/aromatic N) is 1. The van der Waals surface area contributed by atoms with Gasteiger partial charge in [0.25, 0.3) is 0 Å². The zero-order valence-corrected chi connectivity index (χ0v) is 28.7. The number of benzene rings is 2. The van der Waals surface area contributed by atoms with Crippen LogP contribution in [0, 0.1) is 0 Å². The molecule has 1 heterocycles. The van der Waals surface area contributed by atoms with Gasteiger partial charge in [-0.3, -0.25) is 4.98 Å². The van der Waals surface area contributed by atoms with Gasteiger partial charge in [0.05, 0.1) is 31.0 Å². The van der Waals surface area contributed by atoms with Crippen molar-refractivity contribution in [1.29, 1.82) is 0 Å². The molecule has 0 spiro atoms. The molecule has 5 rings (SSSR count). The lowest BCUT2D eigenvalue weighted by atomic mass is 9.96. The van der Waals surface area contributed by atoms with Crippen LogP contribution in [0.5, 0.6) is 5.75 Å². The lowest BCUT2D eigenvalue weighted by Gasteiger charge is -2.25. The molecule has 0 aliphatic heterocycles. The number of urea groups is 1. The summed E-state index contributed by atoms with van der Waals surface area (Å²) in [4.78, 5) is 16.4. The molecule has 0 saturated heterocycles. The van der Waals surface area contributed by atoms with E-state index in [0.29, 0.717) is 36.0 Å². The smallest absolute Gasteiger partial charge is 0.314 e. The van der Waals surface area contributed by atoms with E-state index in [4.69, 9.17) is 37.8 Å². The zero-order valence-electron chi connectivity index (χ0n) is 27.2. The predicted molar refractivity (Wildman–Crippen MR) is 186 cm³/mol. The van der Waals surface area contributed by atoms with Crippen LogP contribution >= 0.6 is 23.2 Å². The minimum absolute atomic E-state index is 0.289. The highest BCUT2D eigenvalue weighted by Crippen LogP contribution is 2.53. The van der Waals surface area contributed by atoms with E-state index in [1.54, 1.807) is 6.20 Å². The van der Waals surface area contributed by atoms with Crippen molar-refractivity contribution < 1.29 is 39.8 Å². The molecule has 11 nitrogen and oxygen atoms in total. The van der Waals surface area contributed by atoms with Crippen LogP contribution in [-0.2, 0) is 23.4 Å². The van der Waals surface area contributed by atoms with Crippen molar-refractivity contribution in [2.24, 2.45) is 0 Å². The summed E-state index contributed by atoms with van der Waals surface area (Å²) in [5.74, 6) is 0.879. The van der Waals surface area contributed by atoms with Crippen LogP contribution in [0.4, 0.5) is 4.79 Å². The third-order valence-corrected chi connectivity index (χ3v) is 9.64. The topological polar surface area (TPSA) is 174 Å². The van der Waals surface area contributed by atoms with Crippen LogP contribution in [0.3, 0.4) is 0 Å². The number of pyridine rings is 1. The Morgan fingerprint density at radius 3 is 2.37 bits per heavy atom. The van der Waals surface area contributed by atoms with Gasteiger partial charge in [0.15, 0.2) is 0 Å². The van der Waals surface area contributed by atoms with Crippen molar-refractivity contribution in [3.05, 3.63) is 81.6 Å². The molecule has 2 aliphatic rings. The SMILES string of the molecule is O=C(NCCCCCc1cc(Cl)c(COC2(c3cnccc3-c3ccccc3OC3CC3)CC2)cc1Cl)NC[C@@H](O)[C@H](O)[C@@H](O)[C@@H](O)CO. The average Bonchev–Trinajstić information content (AvgIpc) is 4.06. The summed E-state index contributed by atoms with van der Waals surface area (Å²) in [6, 6.07) is 13.4. The lowest BCUT2D eigenvalue weighted by molar-refractivity contribution is -0.113. The summed E-state index contributed by atoms with van der Waals surface area (Å²) in [5.41, 5.74) is 4.44.